The second kappa shape index (κ2) is 6.67. The quantitative estimate of drug-likeness (QED) is 0.856. The van der Waals surface area contributed by atoms with Gasteiger partial charge in [0.15, 0.2) is 0 Å². The van der Waals surface area contributed by atoms with Crippen molar-refractivity contribution in [1.82, 2.24) is 9.80 Å². The molecule has 2 fully saturated rings. The van der Waals surface area contributed by atoms with Crippen molar-refractivity contribution in [2.75, 3.05) is 19.6 Å². The Morgan fingerprint density at radius 2 is 1.70 bits per heavy atom. The van der Waals surface area contributed by atoms with Gasteiger partial charge >= 0.3 is 12.1 Å². The molecule has 23 heavy (non-hydrogen) atoms. The molecule has 5 nitrogen and oxygen atoms in total. The largest absolute Gasteiger partial charge is 0.481 e. The number of alkyl halides is 3. The number of piperidine rings is 1. The summed E-state index contributed by atoms with van der Waals surface area (Å²) in [5.41, 5.74) is 0. The first-order valence-electron chi connectivity index (χ1n) is 7.94. The van der Waals surface area contributed by atoms with Crippen molar-refractivity contribution in [3.8, 4) is 0 Å². The van der Waals surface area contributed by atoms with Crippen LogP contribution in [0.5, 0.6) is 0 Å². The van der Waals surface area contributed by atoms with E-state index in [1.54, 1.807) is 4.90 Å². The third-order valence-electron chi connectivity index (χ3n) is 4.97. The maximum Gasteiger partial charge on any atom is 0.393 e. The third kappa shape index (κ3) is 3.97. The number of hydrogen-bond acceptors (Lipinski definition) is 3. The van der Waals surface area contributed by atoms with E-state index in [9.17, 15) is 22.8 Å². The lowest BCUT2D eigenvalue weighted by Gasteiger charge is -2.39. The lowest BCUT2D eigenvalue weighted by molar-refractivity contribution is -0.188. The standard InChI is InChI=1S/C15H23F3N2O3/c1-9-4-3-5-10(2)20(9)13(21)8-19-6-11(14(22)23)12(7-19)15(16,17)18/h9-12H,3-8H2,1-2H3,(H,22,23)/t9?,10?,11-,12-/m1/s1. The van der Waals surface area contributed by atoms with Crippen molar-refractivity contribution in [3.05, 3.63) is 0 Å². The topological polar surface area (TPSA) is 60.9 Å². The summed E-state index contributed by atoms with van der Waals surface area (Å²) in [7, 11) is 0. The van der Waals surface area contributed by atoms with Gasteiger partial charge in [-0.25, -0.2) is 0 Å². The molecular formula is C15H23F3N2O3. The zero-order valence-corrected chi connectivity index (χ0v) is 13.3. The summed E-state index contributed by atoms with van der Waals surface area (Å²) < 4.78 is 38.9. The van der Waals surface area contributed by atoms with Gasteiger partial charge in [0.25, 0.3) is 0 Å². The van der Waals surface area contributed by atoms with E-state index in [2.05, 4.69) is 0 Å². The van der Waals surface area contributed by atoms with Crippen LogP contribution < -0.4 is 0 Å². The van der Waals surface area contributed by atoms with Gasteiger partial charge in [-0.15, -0.1) is 0 Å². The van der Waals surface area contributed by atoms with Gasteiger partial charge in [-0.3, -0.25) is 14.5 Å². The Morgan fingerprint density at radius 3 is 2.13 bits per heavy atom. The predicted molar refractivity (Wildman–Crippen MR) is 76.7 cm³/mol. The number of rotatable bonds is 3. The van der Waals surface area contributed by atoms with Crippen LogP contribution in [0, 0.1) is 11.8 Å². The van der Waals surface area contributed by atoms with Crippen molar-refractivity contribution >= 4 is 11.9 Å². The number of carbonyl (C=O) groups excluding carboxylic acids is 1. The van der Waals surface area contributed by atoms with Gasteiger partial charge in [0.05, 0.1) is 18.4 Å². The number of carboxylic acid groups (broad SMARTS) is 1. The van der Waals surface area contributed by atoms with Crippen molar-refractivity contribution in [3.63, 3.8) is 0 Å². The number of halogens is 3. The number of likely N-dealkylation sites (tertiary alicyclic amines) is 2. The highest BCUT2D eigenvalue weighted by Crippen LogP contribution is 2.37. The molecule has 2 unspecified atom stereocenters. The van der Waals surface area contributed by atoms with Crippen LogP contribution in [-0.4, -0.2) is 64.7 Å². The Kier molecular flexibility index (Phi) is 5.23. The second-order valence-corrected chi connectivity index (χ2v) is 6.72. The molecule has 1 amide bonds. The smallest absolute Gasteiger partial charge is 0.393 e. The maximum absolute atomic E-state index is 13.0. The van der Waals surface area contributed by atoms with Gasteiger partial charge in [-0.1, -0.05) is 0 Å². The summed E-state index contributed by atoms with van der Waals surface area (Å²) in [4.78, 5) is 26.6. The Hall–Kier alpha value is -1.31. The molecule has 0 spiro atoms. The Morgan fingerprint density at radius 1 is 1.13 bits per heavy atom. The molecule has 0 aromatic heterocycles. The zero-order chi connectivity index (χ0) is 17.4. The summed E-state index contributed by atoms with van der Waals surface area (Å²) in [5, 5.41) is 9.01. The van der Waals surface area contributed by atoms with Crippen LogP contribution in [0.2, 0.25) is 0 Å². The number of aliphatic carboxylic acids is 1. The molecule has 0 aromatic rings. The Balaban J connectivity index is 2.03. The van der Waals surface area contributed by atoms with Crippen molar-refractivity contribution in [1.29, 1.82) is 0 Å². The predicted octanol–water partition coefficient (Wildman–Crippen LogP) is 1.97. The third-order valence-corrected chi connectivity index (χ3v) is 4.97. The van der Waals surface area contributed by atoms with E-state index in [0.29, 0.717) is 0 Å². The molecular weight excluding hydrogens is 313 g/mol. The first kappa shape index (κ1) is 18.0. The van der Waals surface area contributed by atoms with Gasteiger partial charge in [-0.2, -0.15) is 13.2 Å². The fraction of sp³-hybridized carbons (Fsp3) is 0.867. The van der Waals surface area contributed by atoms with Gasteiger partial charge in [0.1, 0.15) is 0 Å². The van der Waals surface area contributed by atoms with Crippen LogP contribution in [0.3, 0.4) is 0 Å². The molecule has 0 aliphatic carbocycles. The Bertz CT molecular complexity index is 459. The SMILES string of the molecule is CC1CCCC(C)N1C(=O)CN1C[C@@H](C(F)(F)F)[C@H](C(=O)O)C1. The number of carboxylic acids is 1. The molecule has 4 atom stereocenters. The fourth-order valence-electron chi connectivity index (χ4n) is 3.78. The minimum absolute atomic E-state index is 0.0718. The summed E-state index contributed by atoms with van der Waals surface area (Å²) >= 11 is 0. The summed E-state index contributed by atoms with van der Waals surface area (Å²) in [6, 6.07) is 0.144. The average molecular weight is 336 g/mol. The fourth-order valence-corrected chi connectivity index (χ4v) is 3.78. The van der Waals surface area contributed by atoms with E-state index in [1.165, 1.54) is 4.90 Å². The van der Waals surface area contributed by atoms with E-state index in [4.69, 9.17) is 5.11 Å². The van der Waals surface area contributed by atoms with Gasteiger partial charge in [-0.05, 0) is 33.1 Å². The number of carbonyl (C=O) groups is 2. The molecule has 2 rings (SSSR count). The first-order valence-corrected chi connectivity index (χ1v) is 7.94. The monoisotopic (exact) mass is 336 g/mol. The zero-order valence-electron chi connectivity index (χ0n) is 13.3. The lowest BCUT2D eigenvalue weighted by atomic mass is 9.96. The van der Waals surface area contributed by atoms with E-state index >= 15 is 0 Å². The highest BCUT2D eigenvalue weighted by Gasteiger charge is 2.52. The summed E-state index contributed by atoms with van der Waals surface area (Å²) in [5.74, 6) is -5.08. The molecule has 0 bridgehead atoms. The Labute approximate surface area is 133 Å². The number of hydrogen-bond donors (Lipinski definition) is 1. The molecule has 8 heteroatoms. The van der Waals surface area contributed by atoms with Crippen LogP contribution in [0.1, 0.15) is 33.1 Å². The first-order chi connectivity index (χ1) is 10.6. The number of amides is 1. The molecule has 0 aromatic carbocycles. The van der Waals surface area contributed by atoms with E-state index in [1.807, 2.05) is 13.8 Å². The van der Waals surface area contributed by atoms with Gasteiger partial charge in [0, 0.05) is 25.2 Å². The number of nitrogens with zero attached hydrogens (tertiary/aromatic N) is 2. The minimum Gasteiger partial charge on any atom is -0.481 e. The highest BCUT2D eigenvalue weighted by atomic mass is 19.4. The summed E-state index contributed by atoms with van der Waals surface area (Å²) in [6.07, 6.45) is -1.75. The molecule has 0 radical (unpaired) electrons. The van der Waals surface area contributed by atoms with E-state index in [-0.39, 0.29) is 31.1 Å². The molecule has 1 N–H and O–H groups in total. The molecule has 0 saturated carbocycles. The van der Waals surface area contributed by atoms with E-state index < -0.39 is 30.5 Å². The molecule has 2 aliphatic rings. The van der Waals surface area contributed by atoms with Crippen LogP contribution in [0.25, 0.3) is 0 Å². The van der Waals surface area contributed by atoms with Crippen LogP contribution >= 0.6 is 0 Å². The van der Waals surface area contributed by atoms with Crippen molar-refractivity contribution in [2.45, 2.75) is 51.4 Å². The normalized spacial score (nSPS) is 33.0. The van der Waals surface area contributed by atoms with Crippen LogP contribution in [0.15, 0.2) is 0 Å². The van der Waals surface area contributed by atoms with Gasteiger partial charge in [0.2, 0.25) is 5.91 Å². The van der Waals surface area contributed by atoms with E-state index in [0.717, 1.165) is 19.3 Å². The lowest BCUT2D eigenvalue weighted by Crippen LogP contribution is -2.51. The molecule has 2 saturated heterocycles. The van der Waals surface area contributed by atoms with Crippen molar-refractivity contribution < 1.29 is 27.9 Å². The summed E-state index contributed by atoms with van der Waals surface area (Å²) in [6.45, 7) is 3.07. The highest BCUT2D eigenvalue weighted by molar-refractivity contribution is 5.79. The minimum atomic E-state index is -4.56. The molecule has 132 valence electrons. The molecule has 2 heterocycles. The average Bonchev–Trinajstić information content (AvgIpc) is 2.82. The van der Waals surface area contributed by atoms with Gasteiger partial charge < -0.3 is 10.0 Å². The maximum atomic E-state index is 13.0. The van der Waals surface area contributed by atoms with Crippen LogP contribution in [-0.2, 0) is 9.59 Å². The second-order valence-electron chi connectivity index (χ2n) is 6.72. The molecule has 2 aliphatic heterocycles. The van der Waals surface area contributed by atoms with Crippen molar-refractivity contribution in [2.24, 2.45) is 11.8 Å². The van der Waals surface area contributed by atoms with Crippen LogP contribution in [0.4, 0.5) is 13.2 Å².